The molecule has 0 radical (unpaired) electrons. The number of nitrogens with zero attached hydrogens (tertiary/aromatic N) is 2. The monoisotopic (exact) mass is 194 g/mol. The summed E-state index contributed by atoms with van der Waals surface area (Å²) >= 11 is 0. The van der Waals surface area contributed by atoms with Gasteiger partial charge < -0.3 is 0 Å². The van der Waals surface area contributed by atoms with Crippen LogP contribution in [0.15, 0.2) is 9.98 Å². The van der Waals surface area contributed by atoms with Crippen LogP contribution < -0.4 is 0 Å². The Morgan fingerprint density at radius 1 is 1.07 bits per heavy atom. The van der Waals surface area contributed by atoms with Gasteiger partial charge in [0.1, 0.15) is 0 Å². The fourth-order valence-electron chi connectivity index (χ4n) is 2.17. The zero-order valence-electron chi connectivity index (χ0n) is 8.43. The van der Waals surface area contributed by atoms with E-state index < -0.39 is 0 Å². The fourth-order valence-corrected chi connectivity index (χ4v) is 2.17. The van der Waals surface area contributed by atoms with Crippen LogP contribution in [0.1, 0.15) is 26.7 Å². The third-order valence-corrected chi connectivity index (χ3v) is 3.07. The minimum absolute atomic E-state index is 0.0363. The Morgan fingerprint density at radius 2 is 1.71 bits per heavy atom. The van der Waals surface area contributed by atoms with Crippen molar-refractivity contribution in [2.45, 2.75) is 38.8 Å². The first-order valence-corrected chi connectivity index (χ1v) is 4.84. The highest BCUT2D eigenvalue weighted by Gasteiger charge is 2.34. The maximum Gasteiger partial charge on any atom is 0.235 e. The van der Waals surface area contributed by atoms with Gasteiger partial charge in [-0.1, -0.05) is 13.8 Å². The minimum Gasteiger partial charge on any atom is -0.211 e. The van der Waals surface area contributed by atoms with Crippen molar-refractivity contribution in [2.75, 3.05) is 0 Å². The highest BCUT2D eigenvalue weighted by atomic mass is 16.1. The molecule has 1 aliphatic rings. The van der Waals surface area contributed by atoms with Gasteiger partial charge in [-0.25, -0.2) is 19.6 Å². The van der Waals surface area contributed by atoms with E-state index in [0.29, 0.717) is 5.92 Å². The Morgan fingerprint density at radius 3 is 2.29 bits per heavy atom. The van der Waals surface area contributed by atoms with E-state index in [4.69, 9.17) is 0 Å². The van der Waals surface area contributed by atoms with Gasteiger partial charge in [0.2, 0.25) is 12.2 Å². The number of hydrogen-bond donors (Lipinski definition) is 0. The molecule has 0 saturated heterocycles. The van der Waals surface area contributed by atoms with Gasteiger partial charge in [0.25, 0.3) is 0 Å². The maximum atomic E-state index is 10.2. The van der Waals surface area contributed by atoms with Crippen molar-refractivity contribution in [2.24, 2.45) is 21.8 Å². The Bertz CT molecular complexity index is 290. The van der Waals surface area contributed by atoms with Crippen molar-refractivity contribution in [3.05, 3.63) is 0 Å². The average Bonchev–Trinajstić information content (AvgIpc) is 2.17. The molecule has 0 spiro atoms. The summed E-state index contributed by atoms with van der Waals surface area (Å²) in [7, 11) is 0. The second kappa shape index (κ2) is 4.85. The van der Waals surface area contributed by atoms with E-state index in [-0.39, 0.29) is 18.0 Å². The third-order valence-electron chi connectivity index (χ3n) is 3.07. The normalized spacial score (nSPS) is 36.7. The molecule has 4 atom stereocenters. The SMILES string of the molecule is CC1CCC(N=C=O)C(C)C1N=C=O. The molecule has 1 aliphatic carbocycles. The average molecular weight is 194 g/mol. The second-order valence-electron chi connectivity index (χ2n) is 3.91. The van der Waals surface area contributed by atoms with Gasteiger partial charge >= 0.3 is 0 Å². The number of carbonyl (C=O) groups excluding carboxylic acids is 2. The third kappa shape index (κ3) is 2.16. The number of hydrogen-bond acceptors (Lipinski definition) is 4. The van der Waals surface area contributed by atoms with Crippen molar-refractivity contribution in [3.63, 3.8) is 0 Å². The van der Waals surface area contributed by atoms with Crippen molar-refractivity contribution in [1.82, 2.24) is 0 Å². The zero-order chi connectivity index (χ0) is 10.6. The standard InChI is InChI=1S/C10H14N2O2/c1-7-3-4-9(11-5-13)8(2)10(7)12-6-14/h7-10H,3-4H2,1-2H3. The maximum absolute atomic E-state index is 10.2. The van der Waals surface area contributed by atoms with Crippen LogP contribution in [0.2, 0.25) is 0 Å². The second-order valence-corrected chi connectivity index (χ2v) is 3.91. The van der Waals surface area contributed by atoms with E-state index in [1.54, 1.807) is 12.2 Å². The van der Waals surface area contributed by atoms with Gasteiger partial charge in [0, 0.05) is 5.92 Å². The van der Waals surface area contributed by atoms with Gasteiger partial charge in [-0.2, -0.15) is 0 Å². The summed E-state index contributed by atoms with van der Waals surface area (Å²) in [5, 5.41) is 0. The van der Waals surface area contributed by atoms with Gasteiger partial charge in [0.05, 0.1) is 12.1 Å². The summed E-state index contributed by atoms with van der Waals surface area (Å²) in [5.74, 6) is 0.492. The Kier molecular flexibility index (Phi) is 3.75. The molecule has 0 N–H and O–H groups in total. The van der Waals surface area contributed by atoms with Crippen LogP contribution in [0.25, 0.3) is 0 Å². The molecule has 76 valence electrons. The summed E-state index contributed by atoms with van der Waals surface area (Å²) < 4.78 is 0. The van der Waals surface area contributed by atoms with E-state index in [1.165, 1.54) is 0 Å². The van der Waals surface area contributed by atoms with Gasteiger partial charge in [-0.05, 0) is 18.8 Å². The molecule has 1 saturated carbocycles. The van der Waals surface area contributed by atoms with E-state index in [1.807, 2.05) is 6.92 Å². The summed E-state index contributed by atoms with van der Waals surface area (Å²) in [6.45, 7) is 4.02. The minimum atomic E-state index is -0.0525. The molecule has 4 nitrogen and oxygen atoms in total. The molecule has 0 aromatic heterocycles. The topological polar surface area (TPSA) is 58.9 Å². The van der Waals surface area contributed by atoms with E-state index in [2.05, 4.69) is 16.9 Å². The molecular formula is C10H14N2O2. The van der Waals surface area contributed by atoms with Crippen molar-refractivity contribution >= 4 is 12.2 Å². The summed E-state index contributed by atoms with van der Waals surface area (Å²) in [6.07, 6.45) is 4.99. The van der Waals surface area contributed by atoms with Crippen LogP contribution >= 0.6 is 0 Å². The lowest BCUT2D eigenvalue weighted by molar-refractivity contribution is 0.222. The van der Waals surface area contributed by atoms with Crippen LogP contribution in [-0.2, 0) is 9.59 Å². The molecule has 1 rings (SSSR count). The molecule has 1 fully saturated rings. The molecule has 4 heteroatoms. The van der Waals surface area contributed by atoms with Crippen LogP contribution in [0.5, 0.6) is 0 Å². The lowest BCUT2D eigenvalue weighted by atomic mass is 9.76. The smallest absolute Gasteiger partial charge is 0.211 e. The molecule has 0 amide bonds. The zero-order valence-corrected chi connectivity index (χ0v) is 8.43. The molecule has 14 heavy (non-hydrogen) atoms. The largest absolute Gasteiger partial charge is 0.235 e. The Balaban J connectivity index is 2.81. The highest BCUT2D eigenvalue weighted by molar-refractivity contribution is 5.35. The van der Waals surface area contributed by atoms with Crippen LogP contribution in [0.4, 0.5) is 0 Å². The lowest BCUT2D eigenvalue weighted by Gasteiger charge is -2.34. The molecule has 0 aromatic rings. The molecule has 0 heterocycles. The molecule has 4 unspecified atom stereocenters. The summed E-state index contributed by atoms with van der Waals surface area (Å²) in [4.78, 5) is 27.9. The molecular weight excluding hydrogens is 180 g/mol. The predicted octanol–water partition coefficient (Wildman–Crippen LogP) is 1.46. The number of isocyanates is 2. The number of rotatable bonds is 2. The van der Waals surface area contributed by atoms with Gasteiger partial charge in [0.15, 0.2) is 0 Å². The van der Waals surface area contributed by atoms with E-state index in [9.17, 15) is 9.59 Å². The van der Waals surface area contributed by atoms with Crippen LogP contribution in [0.3, 0.4) is 0 Å². The van der Waals surface area contributed by atoms with Crippen molar-refractivity contribution in [1.29, 1.82) is 0 Å². The van der Waals surface area contributed by atoms with Crippen molar-refractivity contribution in [3.8, 4) is 0 Å². The lowest BCUT2D eigenvalue weighted by Crippen LogP contribution is -2.37. The van der Waals surface area contributed by atoms with Crippen LogP contribution in [-0.4, -0.2) is 24.2 Å². The Labute approximate surface area is 83.1 Å². The van der Waals surface area contributed by atoms with Gasteiger partial charge in [-0.3, -0.25) is 0 Å². The van der Waals surface area contributed by atoms with Crippen molar-refractivity contribution < 1.29 is 9.59 Å². The predicted molar refractivity (Wildman–Crippen MR) is 51.4 cm³/mol. The number of aliphatic imine (C=N–C) groups is 2. The van der Waals surface area contributed by atoms with E-state index in [0.717, 1.165) is 12.8 Å². The molecule has 0 bridgehead atoms. The Hall–Kier alpha value is -1.24. The fraction of sp³-hybridized carbons (Fsp3) is 0.800. The summed E-state index contributed by atoms with van der Waals surface area (Å²) in [5.41, 5.74) is 0. The van der Waals surface area contributed by atoms with Crippen LogP contribution in [0, 0.1) is 11.8 Å². The quantitative estimate of drug-likeness (QED) is 0.493. The molecule has 0 aliphatic heterocycles. The first-order chi connectivity index (χ1) is 6.70. The van der Waals surface area contributed by atoms with Gasteiger partial charge in [-0.15, -0.1) is 0 Å². The first kappa shape index (κ1) is 10.8. The first-order valence-electron chi connectivity index (χ1n) is 4.84. The molecule has 0 aromatic carbocycles. The van der Waals surface area contributed by atoms with E-state index >= 15 is 0 Å². The summed E-state index contributed by atoms with van der Waals surface area (Å²) in [6, 6.07) is -0.0888. The highest BCUT2D eigenvalue weighted by Crippen LogP contribution is 2.32.